The lowest BCUT2D eigenvalue weighted by Crippen LogP contribution is -2.03. The van der Waals surface area contributed by atoms with Crippen LogP contribution in [0.15, 0.2) is 47.8 Å². The van der Waals surface area contributed by atoms with Gasteiger partial charge in [-0.25, -0.2) is 4.98 Å². The van der Waals surface area contributed by atoms with Crippen LogP contribution >= 0.6 is 11.8 Å². The first-order chi connectivity index (χ1) is 7.90. The van der Waals surface area contributed by atoms with Crippen molar-refractivity contribution in [2.75, 3.05) is 0 Å². The van der Waals surface area contributed by atoms with Gasteiger partial charge in [0, 0.05) is 24.7 Å². The van der Waals surface area contributed by atoms with Gasteiger partial charge in [0.2, 0.25) is 0 Å². The van der Waals surface area contributed by atoms with Crippen molar-refractivity contribution in [3.05, 3.63) is 54.0 Å². The topological polar surface area (TPSA) is 51.8 Å². The molecule has 0 aliphatic heterocycles. The number of rotatable bonds is 4. The number of thioether (sulfide) groups is 1. The van der Waals surface area contributed by atoms with E-state index >= 15 is 0 Å². The second kappa shape index (κ2) is 5.63. The lowest BCUT2D eigenvalue weighted by Gasteiger charge is -2.05. The lowest BCUT2D eigenvalue weighted by atomic mass is 10.2. The molecule has 2 aromatic rings. The molecule has 0 atom stereocenters. The van der Waals surface area contributed by atoms with E-state index in [1.165, 1.54) is 5.56 Å². The quantitative estimate of drug-likeness (QED) is 0.820. The molecule has 0 aromatic carbocycles. The van der Waals surface area contributed by atoms with E-state index in [0.717, 1.165) is 16.5 Å². The molecule has 0 aliphatic rings. The second-order valence-corrected chi connectivity index (χ2v) is 4.27. The summed E-state index contributed by atoms with van der Waals surface area (Å²) in [6.07, 6.45) is 3.58. The maximum Gasteiger partial charge on any atom is 0.0963 e. The first-order valence-corrected chi connectivity index (χ1v) is 6.05. The molecule has 0 saturated heterocycles. The van der Waals surface area contributed by atoms with Crippen molar-refractivity contribution < 1.29 is 0 Å². The van der Waals surface area contributed by atoms with Crippen molar-refractivity contribution in [1.82, 2.24) is 9.97 Å². The summed E-state index contributed by atoms with van der Waals surface area (Å²) >= 11 is 1.70. The van der Waals surface area contributed by atoms with Gasteiger partial charge in [0.25, 0.3) is 0 Å². The fraction of sp³-hybridized carbons (Fsp3) is 0.167. The summed E-state index contributed by atoms with van der Waals surface area (Å²) in [7, 11) is 0. The molecule has 0 aliphatic carbocycles. The second-order valence-electron chi connectivity index (χ2n) is 3.27. The van der Waals surface area contributed by atoms with Crippen LogP contribution < -0.4 is 5.73 Å². The van der Waals surface area contributed by atoms with E-state index in [4.69, 9.17) is 5.73 Å². The van der Waals surface area contributed by atoms with Crippen molar-refractivity contribution in [3.8, 4) is 0 Å². The van der Waals surface area contributed by atoms with E-state index in [2.05, 4.69) is 16.0 Å². The van der Waals surface area contributed by atoms with E-state index < -0.39 is 0 Å². The zero-order valence-electron chi connectivity index (χ0n) is 8.84. The van der Waals surface area contributed by atoms with Gasteiger partial charge < -0.3 is 5.73 Å². The Morgan fingerprint density at radius 3 is 2.69 bits per heavy atom. The average molecular weight is 231 g/mol. The minimum atomic E-state index is 0.485. The zero-order chi connectivity index (χ0) is 11.2. The van der Waals surface area contributed by atoms with Gasteiger partial charge in [0.1, 0.15) is 0 Å². The van der Waals surface area contributed by atoms with Crippen molar-refractivity contribution in [3.63, 3.8) is 0 Å². The van der Waals surface area contributed by atoms with Crippen LogP contribution in [0.3, 0.4) is 0 Å². The molecule has 2 heterocycles. The molecule has 0 spiro atoms. The molecule has 0 radical (unpaired) electrons. The summed E-state index contributed by atoms with van der Waals surface area (Å²) in [4.78, 5) is 8.51. The Kier molecular flexibility index (Phi) is 3.91. The summed E-state index contributed by atoms with van der Waals surface area (Å²) < 4.78 is 0. The molecule has 0 unspecified atom stereocenters. The van der Waals surface area contributed by atoms with E-state index in [1.807, 2.05) is 24.3 Å². The van der Waals surface area contributed by atoms with Gasteiger partial charge in [-0.15, -0.1) is 11.8 Å². The van der Waals surface area contributed by atoms with Crippen molar-refractivity contribution in [2.24, 2.45) is 5.73 Å². The van der Waals surface area contributed by atoms with E-state index in [-0.39, 0.29) is 0 Å². The summed E-state index contributed by atoms with van der Waals surface area (Å²) in [5.41, 5.74) is 7.78. The highest BCUT2D eigenvalue weighted by molar-refractivity contribution is 7.98. The largest absolute Gasteiger partial charge is 0.325 e. The average Bonchev–Trinajstić information content (AvgIpc) is 2.38. The molecule has 2 rings (SSSR count). The Labute approximate surface area is 99.1 Å². The molecule has 0 saturated carbocycles. The molecule has 16 heavy (non-hydrogen) atoms. The third-order valence-electron chi connectivity index (χ3n) is 2.19. The number of pyridine rings is 2. The van der Waals surface area contributed by atoms with Crippen LogP contribution in [0.2, 0.25) is 0 Å². The van der Waals surface area contributed by atoms with Crippen LogP contribution in [0.4, 0.5) is 0 Å². The van der Waals surface area contributed by atoms with Gasteiger partial charge in [-0.1, -0.05) is 12.1 Å². The van der Waals surface area contributed by atoms with Crippen LogP contribution in [0.1, 0.15) is 11.3 Å². The van der Waals surface area contributed by atoms with Crippen molar-refractivity contribution >= 4 is 11.8 Å². The maximum absolute atomic E-state index is 5.63. The molecule has 82 valence electrons. The van der Waals surface area contributed by atoms with Crippen LogP contribution in [-0.4, -0.2) is 9.97 Å². The van der Waals surface area contributed by atoms with Gasteiger partial charge in [-0.2, -0.15) is 0 Å². The molecule has 0 fully saturated rings. The van der Waals surface area contributed by atoms with Gasteiger partial charge in [0.15, 0.2) is 0 Å². The summed E-state index contributed by atoms with van der Waals surface area (Å²) in [6, 6.07) is 9.91. The van der Waals surface area contributed by atoms with Crippen LogP contribution in [0.25, 0.3) is 0 Å². The first kappa shape index (κ1) is 11.1. The lowest BCUT2D eigenvalue weighted by molar-refractivity contribution is 0.963. The number of nitrogens with two attached hydrogens (primary N) is 1. The van der Waals surface area contributed by atoms with Crippen molar-refractivity contribution in [2.45, 2.75) is 17.3 Å². The highest BCUT2D eigenvalue weighted by Crippen LogP contribution is 2.21. The zero-order valence-corrected chi connectivity index (χ0v) is 9.65. The molecule has 3 nitrogen and oxygen atoms in total. The smallest absolute Gasteiger partial charge is 0.0963 e. The van der Waals surface area contributed by atoms with E-state index in [0.29, 0.717) is 6.54 Å². The Bertz CT molecular complexity index is 445. The van der Waals surface area contributed by atoms with Gasteiger partial charge in [-0.3, -0.25) is 4.98 Å². The van der Waals surface area contributed by atoms with Crippen LogP contribution in [0.5, 0.6) is 0 Å². The van der Waals surface area contributed by atoms with Crippen LogP contribution in [0, 0.1) is 0 Å². The first-order valence-electron chi connectivity index (χ1n) is 5.07. The minimum absolute atomic E-state index is 0.485. The highest BCUT2D eigenvalue weighted by Gasteiger charge is 2.02. The van der Waals surface area contributed by atoms with Gasteiger partial charge in [-0.05, 0) is 23.8 Å². The van der Waals surface area contributed by atoms with E-state index in [9.17, 15) is 0 Å². The molecular weight excluding hydrogens is 218 g/mol. The number of aromatic nitrogens is 2. The summed E-state index contributed by atoms with van der Waals surface area (Å²) in [5, 5.41) is 1.02. The Morgan fingerprint density at radius 1 is 1.06 bits per heavy atom. The molecule has 0 bridgehead atoms. The predicted octanol–water partition coefficient (Wildman–Crippen LogP) is 2.23. The summed E-state index contributed by atoms with van der Waals surface area (Å²) in [5.74, 6) is 0.859. The molecule has 0 amide bonds. The Balaban J connectivity index is 2.05. The monoisotopic (exact) mass is 231 g/mol. The third-order valence-corrected chi connectivity index (χ3v) is 3.18. The minimum Gasteiger partial charge on any atom is -0.325 e. The number of hydrogen-bond acceptors (Lipinski definition) is 4. The Hall–Kier alpha value is -1.39. The maximum atomic E-state index is 5.63. The van der Waals surface area contributed by atoms with E-state index in [1.54, 1.807) is 24.2 Å². The molecule has 2 N–H and O–H groups in total. The van der Waals surface area contributed by atoms with Gasteiger partial charge >= 0.3 is 0 Å². The molecule has 4 heteroatoms. The molecular formula is C12H13N3S. The predicted molar refractivity (Wildman–Crippen MR) is 65.9 cm³/mol. The van der Waals surface area contributed by atoms with Crippen molar-refractivity contribution in [1.29, 1.82) is 0 Å². The Morgan fingerprint density at radius 2 is 1.94 bits per heavy atom. The third kappa shape index (κ3) is 2.81. The van der Waals surface area contributed by atoms with Crippen LogP contribution in [-0.2, 0) is 12.3 Å². The fourth-order valence-corrected chi connectivity index (χ4v) is 2.25. The van der Waals surface area contributed by atoms with Gasteiger partial charge in [0.05, 0.1) is 10.7 Å². The summed E-state index contributed by atoms with van der Waals surface area (Å²) in [6.45, 7) is 0.485. The fourth-order valence-electron chi connectivity index (χ4n) is 1.37. The highest BCUT2D eigenvalue weighted by atomic mass is 32.2. The molecule has 2 aromatic heterocycles. The normalized spacial score (nSPS) is 10.3. The SMILES string of the molecule is NCc1ncccc1CSc1ccccn1. The number of nitrogens with zero attached hydrogens (tertiary/aromatic N) is 2. The standard InChI is InChI=1S/C12H13N3S/c13-8-11-10(4-3-7-14-11)9-16-12-5-1-2-6-15-12/h1-7H,8-9,13H2. The number of hydrogen-bond donors (Lipinski definition) is 1.